The van der Waals surface area contributed by atoms with Crippen molar-refractivity contribution in [1.82, 2.24) is 4.31 Å². The van der Waals surface area contributed by atoms with E-state index in [0.29, 0.717) is 6.42 Å². The van der Waals surface area contributed by atoms with Gasteiger partial charge < -0.3 is 10.2 Å². The molecule has 0 aliphatic carbocycles. The van der Waals surface area contributed by atoms with E-state index >= 15 is 0 Å². The normalized spacial score (nSPS) is 21.8. The molecule has 7 nitrogen and oxygen atoms in total. The van der Waals surface area contributed by atoms with E-state index in [0.717, 1.165) is 4.31 Å². The van der Waals surface area contributed by atoms with E-state index in [9.17, 15) is 18.0 Å². The van der Waals surface area contributed by atoms with Crippen LogP contribution in [0, 0.1) is 0 Å². The van der Waals surface area contributed by atoms with Gasteiger partial charge >= 0.3 is 11.9 Å². The summed E-state index contributed by atoms with van der Waals surface area (Å²) in [4.78, 5) is 21.2. The molecule has 2 N–H and O–H groups in total. The van der Waals surface area contributed by atoms with Crippen molar-refractivity contribution >= 4 is 22.0 Å². The molecular formula is C8H13NO6S. The molecule has 0 radical (unpaired) electrons. The Hall–Kier alpha value is -1.15. The first-order valence-corrected chi connectivity index (χ1v) is 6.39. The first-order chi connectivity index (χ1) is 7.34. The van der Waals surface area contributed by atoms with E-state index in [1.165, 1.54) is 0 Å². The zero-order valence-electron chi connectivity index (χ0n) is 8.50. The lowest BCUT2D eigenvalue weighted by atomic mass is 10.1. The molecular weight excluding hydrogens is 238 g/mol. The van der Waals surface area contributed by atoms with E-state index < -0.39 is 28.0 Å². The number of sulfonamides is 1. The highest BCUT2D eigenvalue weighted by Gasteiger charge is 2.38. The minimum Gasteiger partial charge on any atom is -0.481 e. The van der Waals surface area contributed by atoms with Crippen molar-refractivity contribution in [3.63, 3.8) is 0 Å². The zero-order chi connectivity index (χ0) is 12.3. The first kappa shape index (κ1) is 12.9. The summed E-state index contributed by atoms with van der Waals surface area (Å²) in [7, 11) is -3.52. The number of carboxylic acids is 2. The molecule has 0 aromatic carbocycles. The molecule has 0 saturated carbocycles. The summed E-state index contributed by atoms with van der Waals surface area (Å²) < 4.78 is 23.8. The minimum atomic E-state index is -3.52. The van der Waals surface area contributed by atoms with Crippen molar-refractivity contribution in [3.8, 4) is 0 Å². The molecule has 1 heterocycles. The van der Waals surface area contributed by atoms with Crippen molar-refractivity contribution in [1.29, 1.82) is 0 Å². The fourth-order valence-corrected chi connectivity index (χ4v) is 3.38. The van der Waals surface area contributed by atoms with Gasteiger partial charge in [-0.25, -0.2) is 8.42 Å². The van der Waals surface area contributed by atoms with E-state index in [1.54, 1.807) is 0 Å². The molecule has 1 aliphatic heterocycles. The van der Waals surface area contributed by atoms with Gasteiger partial charge in [0.1, 0.15) is 6.04 Å². The number of carbonyl (C=O) groups is 2. The lowest BCUT2D eigenvalue weighted by molar-refractivity contribution is -0.142. The monoisotopic (exact) mass is 251 g/mol. The molecule has 1 unspecified atom stereocenters. The Morgan fingerprint density at radius 1 is 1.31 bits per heavy atom. The van der Waals surface area contributed by atoms with Crippen LogP contribution in [-0.2, 0) is 19.6 Å². The Kier molecular flexibility index (Phi) is 3.87. The van der Waals surface area contributed by atoms with Crippen molar-refractivity contribution in [2.45, 2.75) is 25.3 Å². The Morgan fingerprint density at radius 3 is 2.31 bits per heavy atom. The first-order valence-electron chi connectivity index (χ1n) is 4.78. The van der Waals surface area contributed by atoms with Gasteiger partial charge in [0, 0.05) is 13.0 Å². The lowest BCUT2D eigenvalue weighted by Crippen LogP contribution is -2.42. The van der Waals surface area contributed by atoms with Crippen LogP contribution in [0.5, 0.6) is 0 Å². The van der Waals surface area contributed by atoms with Gasteiger partial charge in [0.05, 0.1) is 5.75 Å². The SMILES string of the molecule is O=C(O)CCC(C(=O)O)N1CCCS1(=O)=O. The summed E-state index contributed by atoms with van der Waals surface area (Å²) in [5, 5.41) is 17.3. The Morgan fingerprint density at radius 2 is 1.94 bits per heavy atom. The number of hydrogen-bond acceptors (Lipinski definition) is 4. The largest absolute Gasteiger partial charge is 0.481 e. The molecule has 0 amide bonds. The number of hydrogen-bond donors (Lipinski definition) is 2. The van der Waals surface area contributed by atoms with Gasteiger partial charge in [-0.2, -0.15) is 4.31 Å². The number of carboxylic acid groups (broad SMARTS) is 2. The standard InChI is InChI=1S/C8H13NO6S/c10-7(11)3-2-6(8(12)13)9-4-1-5-16(9,14)15/h6H,1-5H2,(H,10,11)(H,12,13). The second-order valence-electron chi connectivity index (χ2n) is 3.57. The fraction of sp³-hybridized carbons (Fsp3) is 0.750. The van der Waals surface area contributed by atoms with Crippen LogP contribution in [0.4, 0.5) is 0 Å². The molecule has 1 fully saturated rings. The lowest BCUT2D eigenvalue weighted by Gasteiger charge is -2.21. The van der Waals surface area contributed by atoms with Crippen LogP contribution in [-0.4, -0.2) is 53.2 Å². The highest BCUT2D eigenvalue weighted by Crippen LogP contribution is 2.20. The molecule has 0 aromatic heterocycles. The van der Waals surface area contributed by atoms with E-state index in [-0.39, 0.29) is 25.1 Å². The average molecular weight is 251 g/mol. The molecule has 0 bridgehead atoms. The molecule has 0 aromatic rings. The zero-order valence-corrected chi connectivity index (χ0v) is 9.31. The quantitative estimate of drug-likeness (QED) is 0.670. The van der Waals surface area contributed by atoms with E-state index in [4.69, 9.17) is 10.2 Å². The van der Waals surface area contributed by atoms with Gasteiger partial charge in [-0.3, -0.25) is 9.59 Å². The van der Waals surface area contributed by atoms with Crippen LogP contribution in [0.3, 0.4) is 0 Å². The highest BCUT2D eigenvalue weighted by atomic mass is 32.2. The molecule has 8 heteroatoms. The second-order valence-corrected chi connectivity index (χ2v) is 5.61. The maximum atomic E-state index is 11.5. The third-order valence-corrected chi connectivity index (χ3v) is 4.36. The Labute approximate surface area is 92.7 Å². The molecule has 1 aliphatic rings. The maximum Gasteiger partial charge on any atom is 0.322 e. The highest BCUT2D eigenvalue weighted by molar-refractivity contribution is 7.89. The topological polar surface area (TPSA) is 112 Å². The van der Waals surface area contributed by atoms with Crippen molar-refractivity contribution in [2.24, 2.45) is 0 Å². The van der Waals surface area contributed by atoms with Crippen LogP contribution in [0.2, 0.25) is 0 Å². The van der Waals surface area contributed by atoms with Crippen molar-refractivity contribution in [2.75, 3.05) is 12.3 Å². The second kappa shape index (κ2) is 4.79. The molecule has 92 valence electrons. The van der Waals surface area contributed by atoms with Gasteiger partial charge in [-0.1, -0.05) is 0 Å². The Balaban J connectivity index is 2.78. The third-order valence-electron chi connectivity index (χ3n) is 2.40. The smallest absolute Gasteiger partial charge is 0.322 e. The molecule has 1 saturated heterocycles. The summed E-state index contributed by atoms with van der Waals surface area (Å²) >= 11 is 0. The average Bonchev–Trinajstić information content (AvgIpc) is 2.45. The van der Waals surface area contributed by atoms with Gasteiger partial charge in [0.15, 0.2) is 0 Å². The number of aliphatic carboxylic acids is 2. The van der Waals surface area contributed by atoms with Gasteiger partial charge in [-0.05, 0) is 12.8 Å². The van der Waals surface area contributed by atoms with Crippen molar-refractivity contribution in [3.05, 3.63) is 0 Å². The summed E-state index contributed by atoms with van der Waals surface area (Å²) in [6.45, 7) is 0.152. The minimum absolute atomic E-state index is 0.0656. The van der Waals surface area contributed by atoms with Gasteiger partial charge in [0.2, 0.25) is 10.0 Å². The molecule has 0 spiro atoms. The predicted octanol–water partition coefficient (Wildman–Crippen LogP) is -0.660. The summed E-state index contributed by atoms with van der Waals surface area (Å²) in [6.07, 6.45) is -0.175. The summed E-state index contributed by atoms with van der Waals surface area (Å²) in [5.74, 6) is -2.50. The number of rotatable bonds is 5. The Bertz CT molecular complexity index is 389. The van der Waals surface area contributed by atoms with Gasteiger partial charge in [-0.15, -0.1) is 0 Å². The summed E-state index contributed by atoms with van der Waals surface area (Å²) in [5.41, 5.74) is 0. The molecule has 1 atom stereocenters. The molecule has 1 rings (SSSR count). The molecule has 16 heavy (non-hydrogen) atoms. The van der Waals surface area contributed by atoms with E-state index in [1.807, 2.05) is 0 Å². The van der Waals surface area contributed by atoms with Gasteiger partial charge in [0.25, 0.3) is 0 Å². The van der Waals surface area contributed by atoms with Crippen LogP contribution < -0.4 is 0 Å². The van der Waals surface area contributed by atoms with Crippen LogP contribution in [0.25, 0.3) is 0 Å². The van der Waals surface area contributed by atoms with Crippen LogP contribution >= 0.6 is 0 Å². The van der Waals surface area contributed by atoms with Crippen molar-refractivity contribution < 1.29 is 28.2 Å². The maximum absolute atomic E-state index is 11.5. The number of nitrogens with zero attached hydrogens (tertiary/aromatic N) is 1. The third kappa shape index (κ3) is 2.92. The van der Waals surface area contributed by atoms with Crippen LogP contribution in [0.1, 0.15) is 19.3 Å². The predicted molar refractivity (Wildman–Crippen MR) is 53.4 cm³/mol. The van der Waals surface area contributed by atoms with E-state index in [2.05, 4.69) is 0 Å². The van der Waals surface area contributed by atoms with Crippen LogP contribution in [0.15, 0.2) is 0 Å². The summed E-state index contributed by atoms with van der Waals surface area (Å²) in [6, 6.07) is -1.26. The fourth-order valence-electron chi connectivity index (χ4n) is 1.66.